The summed E-state index contributed by atoms with van der Waals surface area (Å²) in [6, 6.07) is 12.7. The number of fused-ring (bicyclic) bond motifs is 2. The van der Waals surface area contributed by atoms with Gasteiger partial charge in [0.15, 0.2) is 4.80 Å². The van der Waals surface area contributed by atoms with Crippen LogP contribution in [0.5, 0.6) is 0 Å². The second-order valence-electron chi connectivity index (χ2n) is 9.22. The van der Waals surface area contributed by atoms with Gasteiger partial charge in [0.25, 0.3) is 11.5 Å². The predicted molar refractivity (Wildman–Crippen MR) is 154 cm³/mol. The lowest BCUT2D eigenvalue weighted by Gasteiger charge is -2.25. The number of rotatable bonds is 5. The summed E-state index contributed by atoms with van der Waals surface area (Å²) in [5.41, 5.74) is 3.04. The van der Waals surface area contributed by atoms with E-state index in [1.54, 1.807) is 37.4 Å². The summed E-state index contributed by atoms with van der Waals surface area (Å²) < 4.78 is 8.23. The summed E-state index contributed by atoms with van der Waals surface area (Å²) >= 11 is 6.29. The van der Waals surface area contributed by atoms with E-state index < -0.39 is 12.0 Å². The smallest absolute Gasteiger partial charge is 0.338 e. The van der Waals surface area contributed by atoms with Crippen LogP contribution in [-0.4, -0.2) is 35.3 Å². The first-order valence-corrected chi connectivity index (χ1v) is 15.0. The third-order valence-corrected chi connectivity index (χ3v) is 8.80. The molecule has 0 saturated heterocycles. The van der Waals surface area contributed by atoms with Crippen molar-refractivity contribution in [3.63, 3.8) is 0 Å². The molecule has 10 heteroatoms. The summed E-state index contributed by atoms with van der Waals surface area (Å²) in [5, 5.41) is 0. The van der Waals surface area contributed by atoms with Crippen molar-refractivity contribution in [2.75, 3.05) is 17.7 Å². The fraction of sp³-hybridized carbons (Fsp3) is 0.286. The predicted octanol–water partition coefficient (Wildman–Crippen LogP) is 4.41. The number of anilines is 1. The van der Waals surface area contributed by atoms with Gasteiger partial charge >= 0.3 is 5.97 Å². The number of esters is 1. The number of carbonyl (C=O) groups is 2. The van der Waals surface area contributed by atoms with E-state index in [9.17, 15) is 14.4 Å². The second-order valence-corrected chi connectivity index (χ2v) is 12.0. The SMILES string of the molecule is CCN1C(=O)/C(=c2\sc3n(c2=O)[C@@H](c2ccc(SC)cc2)C(C(=O)OC(C)C)=C(C)N=3)c2cc(Br)ccc21. The Hall–Kier alpha value is -2.95. The largest absolute Gasteiger partial charge is 0.459 e. The van der Waals surface area contributed by atoms with Crippen molar-refractivity contribution in [2.45, 2.75) is 44.7 Å². The minimum atomic E-state index is -0.733. The average Bonchev–Trinajstić information content (AvgIpc) is 3.34. The van der Waals surface area contributed by atoms with Crippen LogP contribution in [0.1, 0.15) is 44.9 Å². The van der Waals surface area contributed by atoms with Crippen molar-refractivity contribution in [3.8, 4) is 0 Å². The van der Waals surface area contributed by atoms with E-state index in [1.165, 1.54) is 15.9 Å². The molecule has 196 valence electrons. The Balaban J connectivity index is 1.81. The Morgan fingerprint density at radius 2 is 1.89 bits per heavy atom. The van der Waals surface area contributed by atoms with Gasteiger partial charge < -0.3 is 9.64 Å². The zero-order valence-corrected chi connectivity index (χ0v) is 24.8. The van der Waals surface area contributed by atoms with Crippen LogP contribution >= 0.6 is 39.0 Å². The number of hydrogen-bond donors (Lipinski definition) is 0. The van der Waals surface area contributed by atoms with Crippen LogP contribution in [0.3, 0.4) is 0 Å². The van der Waals surface area contributed by atoms with Crippen molar-refractivity contribution < 1.29 is 14.3 Å². The third kappa shape index (κ3) is 4.38. The van der Waals surface area contributed by atoms with E-state index in [-0.39, 0.29) is 17.6 Å². The molecule has 7 nitrogen and oxygen atoms in total. The fourth-order valence-corrected chi connectivity index (χ4v) is 6.76. The van der Waals surface area contributed by atoms with E-state index in [2.05, 4.69) is 20.9 Å². The van der Waals surface area contributed by atoms with Crippen molar-refractivity contribution in [1.29, 1.82) is 0 Å². The highest BCUT2D eigenvalue weighted by Crippen LogP contribution is 2.37. The van der Waals surface area contributed by atoms with Gasteiger partial charge in [-0.25, -0.2) is 9.79 Å². The molecule has 2 aromatic carbocycles. The molecule has 0 N–H and O–H groups in total. The number of allylic oxidation sites excluding steroid dienone is 1. The van der Waals surface area contributed by atoms with Crippen LogP contribution in [0, 0.1) is 0 Å². The molecule has 1 amide bonds. The molecule has 1 atom stereocenters. The Bertz CT molecular complexity index is 1690. The molecule has 0 fully saturated rings. The monoisotopic (exact) mass is 611 g/mol. The van der Waals surface area contributed by atoms with Crippen molar-refractivity contribution in [2.24, 2.45) is 4.99 Å². The van der Waals surface area contributed by atoms with E-state index >= 15 is 0 Å². The minimum Gasteiger partial charge on any atom is -0.459 e. The van der Waals surface area contributed by atoms with Crippen LogP contribution in [0.4, 0.5) is 5.69 Å². The van der Waals surface area contributed by atoms with Gasteiger partial charge in [0.1, 0.15) is 4.53 Å². The van der Waals surface area contributed by atoms with Crippen molar-refractivity contribution in [3.05, 3.63) is 89.0 Å². The van der Waals surface area contributed by atoms with E-state index in [0.29, 0.717) is 38.3 Å². The zero-order chi connectivity index (χ0) is 27.3. The quantitative estimate of drug-likeness (QED) is 0.315. The molecule has 3 heterocycles. The van der Waals surface area contributed by atoms with Crippen LogP contribution < -0.4 is 19.8 Å². The van der Waals surface area contributed by atoms with Gasteiger partial charge in [0.05, 0.1) is 34.7 Å². The Kier molecular flexibility index (Phi) is 7.23. The molecule has 3 aromatic rings. The average molecular weight is 613 g/mol. The van der Waals surface area contributed by atoms with Crippen molar-refractivity contribution >= 4 is 62.2 Å². The number of thiazole rings is 1. The number of thioether (sulfide) groups is 1. The number of amides is 1. The Labute approximate surface area is 236 Å². The van der Waals surface area contributed by atoms with Crippen LogP contribution in [0.15, 0.2) is 72.9 Å². The third-order valence-electron chi connectivity index (χ3n) is 6.51. The molecular formula is C28H26BrN3O4S2. The molecule has 5 rings (SSSR count). The molecule has 2 aliphatic heterocycles. The normalized spacial score (nSPS) is 18.0. The topological polar surface area (TPSA) is 81.0 Å². The number of carbonyl (C=O) groups excluding carboxylic acids is 2. The number of benzene rings is 2. The standard InChI is InChI=1S/C28H26BrN3O4S2/c1-6-31-20-12-9-17(29)13-19(20)22(25(31)33)24-26(34)32-23(16-7-10-18(37-5)11-8-16)21(27(35)36-14(2)3)15(4)30-28(32)38-24/h7-14,23H,6H2,1-5H3/b24-22-/t23-/m0/s1. The highest BCUT2D eigenvalue weighted by Gasteiger charge is 2.37. The molecule has 0 saturated carbocycles. The first kappa shape index (κ1) is 26.6. The number of halogens is 1. The molecule has 38 heavy (non-hydrogen) atoms. The minimum absolute atomic E-state index is 0.220. The van der Waals surface area contributed by atoms with E-state index in [1.807, 2.05) is 55.6 Å². The lowest BCUT2D eigenvalue weighted by molar-refractivity contribution is -0.143. The summed E-state index contributed by atoms with van der Waals surface area (Å²) in [5.74, 6) is -0.733. The maximum Gasteiger partial charge on any atom is 0.338 e. The van der Waals surface area contributed by atoms with Gasteiger partial charge in [-0.3, -0.25) is 14.2 Å². The number of likely N-dealkylation sites (N-methyl/N-ethyl adjacent to an activating group) is 1. The van der Waals surface area contributed by atoms with Gasteiger partial charge in [0, 0.05) is 21.5 Å². The summed E-state index contributed by atoms with van der Waals surface area (Å²) in [7, 11) is 0. The molecule has 0 bridgehead atoms. The summed E-state index contributed by atoms with van der Waals surface area (Å²) in [6.45, 7) is 7.71. The first-order valence-electron chi connectivity index (χ1n) is 12.2. The Morgan fingerprint density at radius 1 is 1.18 bits per heavy atom. The summed E-state index contributed by atoms with van der Waals surface area (Å²) in [4.78, 5) is 48.9. The van der Waals surface area contributed by atoms with E-state index in [4.69, 9.17) is 4.74 Å². The summed E-state index contributed by atoms with van der Waals surface area (Å²) in [6.07, 6.45) is 1.66. The van der Waals surface area contributed by atoms with Crippen LogP contribution in [0.2, 0.25) is 0 Å². The van der Waals surface area contributed by atoms with Gasteiger partial charge in [-0.05, 0) is 69.8 Å². The fourth-order valence-electron chi connectivity index (χ4n) is 4.85. The number of nitrogens with zero attached hydrogens (tertiary/aromatic N) is 3. The number of ether oxygens (including phenoxy) is 1. The lowest BCUT2D eigenvalue weighted by atomic mass is 9.96. The van der Waals surface area contributed by atoms with Gasteiger partial charge in [-0.15, -0.1) is 11.8 Å². The zero-order valence-electron chi connectivity index (χ0n) is 21.6. The molecule has 0 aliphatic carbocycles. The van der Waals surface area contributed by atoms with E-state index in [0.717, 1.165) is 20.6 Å². The van der Waals surface area contributed by atoms with Crippen LogP contribution in [0.25, 0.3) is 5.57 Å². The molecule has 1 aromatic heterocycles. The first-order chi connectivity index (χ1) is 18.2. The molecule has 0 spiro atoms. The highest BCUT2D eigenvalue weighted by atomic mass is 79.9. The highest BCUT2D eigenvalue weighted by molar-refractivity contribution is 9.10. The molecular weight excluding hydrogens is 586 g/mol. The maximum atomic E-state index is 14.2. The van der Waals surface area contributed by atoms with Crippen LogP contribution in [-0.2, 0) is 14.3 Å². The number of aromatic nitrogens is 1. The lowest BCUT2D eigenvalue weighted by Crippen LogP contribution is -2.41. The maximum absolute atomic E-state index is 14.2. The Morgan fingerprint density at radius 3 is 2.53 bits per heavy atom. The molecule has 0 unspecified atom stereocenters. The molecule has 0 radical (unpaired) electrons. The number of hydrogen-bond acceptors (Lipinski definition) is 7. The van der Waals surface area contributed by atoms with Gasteiger partial charge in [-0.2, -0.15) is 0 Å². The van der Waals surface area contributed by atoms with Crippen molar-refractivity contribution in [1.82, 2.24) is 4.57 Å². The van der Waals surface area contributed by atoms with Gasteiger partial charge in [0.2, 0.25) is 0 Å². The van der Waals surface area contributed by atoms with Gasteiger partial charge in [-0.1, -0.05) is 39.4 Å². The second kappa shape index (κ2) is 10.3. The molecule has 2 aliphatic rings.